The molecule has 0 saturated heterocycles. The molecule has 0 atom stereocenters. The van der Waals surface area contributed by atoms with Gasteiger partial charge >= 0.3 is 0 Å². The lowest BCUT2D eigenvalue weighted by Gasteiger charge is -2.05. The highest BCUT2D eigenvalue weighted by atomic mass is 32.2. The number of rotatable bonds is 7. The van der Waals surface area contributed by atoms with Crippen molar-refractivity contribution in [3.63, 3.8) is 0 Å². The van der Waals surface area contributed by atoms with Crippen LogP contribution in [0.2, 0.25) is 0 Å². The summed E-state index contributed by atoms with van der Waals surface area (Å²) in [5.74, 6) is -0.0335. The number of methoxy groups -OCH3 is 1. The average molecular weight is 355 g/mol. The molecule has 3 heterocycles. The number of hydrogen-bond donors (Lipinski definition) is 0. The first-order valence-electron chi connectivity index (χ1n) is 6.56. The summed E-state index contributed by atoms with van der Waals surface area (Å²) >= 11 is 1.43. The van der Waals surface area contributed by atoms with Crippen LogP contribution in [-0.2, 0) is 26.9 Å². The molecular formula is C12H13N5O4S2. The first-order valence-corrected chi connectivity index (χ1v) is 9.09. The lowest BCUT2D eigenvalue weighted by molar-refractivity contribution is 0.184. The van der Waals surface area contributed by atoms with Crippen LogP contribution in [0.25, 0.3) is 10.8 Å². The number of aromatic nitrogens is 5. The maximum atomic E-state index is 12.5. The molecule has 122 valence electrons. The Morgan fingerprint density at radius 2 is 2.30 bits per heavy atom. The van der Waals surface area contributed by atoms with Crippen molar-refractivity contribution >= 4 is 21.2 Å². The van der Waals surface area contributed by atoms with Crippen LogP contribution < -0.4 is 0 Å². The largest absolute Gasteiger partial charge is 0.383 e. The van der Waals surface area contributed by atoms with Crippen LogP contribution in [0.15, 0.2) is 33.5 Å². The maximum Gasteiger partial charge on any atom is 0.268 e. The van der Waals surface area contributed by atoms with Gasteiger partial charge in [-0.3, -0.25) is 0 Å². The van der Waals surface area contributed by atoms with E-state index in [0.29, 0.717) is 19.0 Å². The molecule has 0 radical (unpaired) electrons. The van der Waals surface area contributed by atoms with E-state index in [4.69, 9.17) is 9.26 Å². The minimum absolute atomic E-state index is 0.0784. The first-order chi connectivity index (χ1) is 11.1. The predicted octanol–water partition coefficient (Wildman–Crippen LogP) is 1.01. The monoisotopic (exact) mass is 355 g/mol. The topological polar surface area (TPSA) is 113 Å². The summed E-state index contributed by atoms with van der Waals surface area (Å²) in [7, 11) is -2.20. The molecule has 0 amide bonds. The molecule has 0 fully saturated rings. The molecule has 3 rings (SSSR count). The molecule has 23 heavy (non-hydrogen) atoms. The molecule has 9 nitrogen and oxygen atoms in total. The lowest BCUT2D eigenvalue weighted by atomic mass is 10.5. The van der Waals surface area contributed by atoms with Crippen LogP contribution in [0, 0.1) is 0 Å². The van der Waals surface area contributed by atoms with E-state index in [1.165, 1.54) is 29.3 Å². The van der Waals surface area contributed by atoms with Crippen LogP contribution in [0.4, 0.5) is 0 Å². The average Bonchev–Trinajstić information content (AvgIpc) is 3.25. The van der Waals surface area contributed by atoms with Gasteiger partial charge in [0, 0.05) is 13.7 Å². The second-order valence-corrected chi connectivity index (χ2v) is 7.38. The van der Waals surface area contributed by atoms with Crippen LogP contribution in [0.1, 0.15) is 5.82 Å². The third-order valence-electron chi connectivity index (χ3n) is 2.91. The second kappa shape index (κ2) is 6.56. The molecule has 0 aliphatic heterocycles. The summed E-state index contributed by atoms with van der Waals surface area (Å²) in [5.41, 5.74) is 0. The summed E-state index contributed by atoms with van der Waals surface area (Å²) in [5, 5.41) is 12.8. The van der Waals surface area contributed by atoms with Gasteiger partial charge in [-0.1, -0.05) is 11.2 Å². The van der Waals surface area contributed by atoms with Gasteiger partial charge in [0.15, 0.2) is 5.82 Å². The summed E-state index contributed by atoms with van der Waals surface area (Å²) in [4.78, 5) is 4.89. The normalized spacial score (nSPS) is 11.9. The zero-order valence-electron chi connectivity index (χ0n) is 12.1. The van der Waals surface area contributed by atoms with Crippen LogP contribution in [-0.4, -0.2) is 47.0 Å². The van der Waals surface area contributed by atoms with Gasteiger partial charge < -0.3 is 13.8 Å². The van der Waals surface area contributed by atoms with E-state index in [2.05, 4.69) is 20.3 Å². The zero-order chi connectivity index (χ0) is 16.3. The van der Waals surface area contributed by atoms with E-state index in [9.17, 15) is 8.42 Å². The highest BCUT2D eigenvalue weighted by molar-refractivity contribution is 7.90. The van der Waals surface area contributed by atoms with E-state index < -0.39 is 15.6 Å². The molecule has 0 aliphatic carbocycles. The van der Waals surface area contributed by atoms with E-state index in [1.807, 2.05) is 17.5 Å². The Labute approximate surface area is 135 Å². The molecule has 0 bridgehead atoms. The molecular weight excluding hydrogens is 342 g/mol. The molecule has 0 aromatic carbocycles. The van der Waals surface area contributed by atoms with Crippen molar-refractivity contribution in [3.05, 3.63) is 29.7 Å². The summed E-state index contributed by atoms with van der Waals surface area (Å²) < 4.78 is 36.4. The number of ether oxygens (including phenoxy) is 1. The van der Waals surface area contributed by atoms with E-state index in [-0.39, 0.29) is 11.0 Å². The molecule has 0 aliphatic rings. The van der Waals surface area contributed by atoms with Crippen LogP contribution >= 0.6 is 11.3 Å². The molecule has 3 aromatic rings. The maximum absolute atomic E-state index is 12.5. The Kier molecular flexibility index (Phi) is 4.50. The Morgan fingerprint density at radius 3 is 3.04 bits per heavy atom. The fourth-order valence-electron chi connectivity index (χ4n) is 1.88. The van der Waals surface area contributed by atoms with Gasteiger partial charge in [-0.2, -0.15) is 4.98 Å². The molecule has 0 unspecified atom stereocenters. The number of thiophene rings is 1. The quantitative estimate of drug-likeness (QED) is 0.617. The fraction of sp³-hybridized carbons (Fsp3) is 0.333. The van der Waals surface area contributed by atoms with Gasteiger partial charge in [0.2, 0.25) is 15.0 Å². The van der Waals surface area contributed by atoms with Crippen molar-refractivity contribution in [1.82, 2.24) is 24.9 Å². The number of sulfone groups is 1. The Morgan fingerprint density at radius 1 is 1.43 bits per heavy atom. The molecule has 0 N–H and O–H groups in total. The van der Waals surface area contributed by atoms with Gasteiger partial charge in [0.1, 0.15) is 12.1 Å². The molecule has 11 heteroatoms. The van der Waals surface area contributed by atoms with Gasteiger partial charge in [-0.15, -0.1) is 21.5 Å². The molecule has 0 saturated carbocycles. The van der Waals surface area contributed by atoms with Gasteiger partial charge in [-0.05, 0) is 11.4 Å². The highest BCUT2D eigenvalue weighted by Crippen LogP contribution is 2.23. The Balaban J connectivity index is 1.80. The van der Waals surface area contributed by atoms with Crippen molar-refractivity contribution in [2.75, 3.05) is 13.7 Å². The highest BCUT2D eigenvalue weighted by Gasteiger charge is 2.25. The lowest BCUT2D eigenvalue weighted by Crippen LogP contribution is -2.15. The summed E-state index contributed by atoms with van der Waals surface area (Å²) in [6, 6.07) is 3.66. The van der Waals surface area contributed by atoms with Gasteiger partial charge in [0.25, 0.3) is 5.89 Å². The van der Waals surface area contributed by atoms with Crippen molar-refractivity contribution < 1.29 is 17.7 Å². The van der Waals surface area contributed by atoms with Crippen molar-refractivity contribution in [3.8, 4) is 10.8 Å². The first kappa shape index (κ1) is 15.8. The minimum atomic E-state index is -3.73. The van der Waals surface area contributed by atoms with E-state index >= 15 is 0 Å². The summed E-state index contributed by atoms with van der Waals surface area (Å²) in [6.45, 7) is 0.691. The standard InChI is InChI=1S/C12H13N5O4S2/c1-20-5-4-17-8-13-15-12(17)23(18,19)7-10-14-11(21-16-10)9-3-2-6-22-9/h2-3,6,8H,4-5,7H2,1H3. The predicted molar refractivity (Wildman–Crippen MR) is 80.4 cm³/mol. The Bertz CT molecular complexity index is 869. The third-order valence-corrected chi connectivity index (χ3v) is 5.28. The van der Waals surface area contributed by atoms with Crippen molar-refractivity contribution in [1.29, 1.82) is 0 Å². The zero-order valence-corrected chi connectivity index (χ0v) is 13.7. The van der Waals surface area contributed by atoms with Crippen molar-refractivity contribution in [2.45, 2.75) is 17.5 Å². The van der Waals surface area contributed by atoms with Gasteiger partial charge in [0.05, 0.1) is 11.5 Å². The fourth-order valence-corrected chi connectivity index (χ4v) is 3.77. The SMILES string of the molecule is COCCn1cnnc1S(=O)(=O)Cc1noc(-c2cccs2)n1. The van der Waals surface area contributed by atoms with Gasteiger partial charge in [-0.25, -0.2) is 8.42 Å². The summed E-state index contributed by atoms with van der Waals surface area (Å²) in [6.07, 6.45) is 1.35. The second-order valence-electron chi connectivity index (χ2n) is 4.55. The Hall–Kier alpha value is -2.11. The van der Waals surface area contributed by atoms with Crippen molar-refractivity contribution in [2.24, 2.45) is 0 Å². The molecule has 0 spiro atoms. The van der Waals surface area contributed by atoms with E-state index in [0.717, 1.165) is 4.88 Å². The van der Waals surface area contributed by atoms with E-state index in [1.54, 1.807) is 0 Å². The minimum Gasteiger partial charge on any atom is -0.383 e. The number of hydrogen-bond acceptors (Lipinski definition) is 9. The van der Waals surface area contributed by atoms with Crippen LogP contribution in [0.5, 0.6) is 0 Å². The number of nitrogens with zero attached hydrogens (tertiary/aromatic N) is 5. The van der Waals surface area contributed by atoms with Crippen LogP contribution in [0.3, 0.4) is 0 Å². The molecule has 3 aromatic heterocycles. The smallest absolute Gasteiger partial charge is 0.268 e. The third kappa shape index (κ3) is 3.46.